The highest BCUT2D eigenvalue weighted by atomic mass is 32.1. The topological polar surface area (TPSA) is 48.0 Å². The fraction of sp³-hybridized carbons (Fsp3) is 0.115. The van der Waals surface area contributed by atoms with Crippen molar-refractivity contribution in [2.75, 3.05) is 0 Å². The van der Waals surface area contributed by atoms with Crippen molar-refractivity contribution in [1.29, 1.82) is 0 Å². The molecule has 1 amide bonds. The van der Waals surface area contributed by atoms with E-state index in [4.69, 9.17) is 5.73 Å². The Bertz CT molecular complexity index is 1610. The lowest BCUT2D eigenvalue weighted by Crippen LogP contribution is -2.15. The third-order valence-electron chi connectivity index (χ3n) is 5.94. The molecule has 0 aliphatic carbocycles. The fourth-order valence-electron chi connectivity index (χ4n) is 4.34. The SMILES string of the molecule is NC(=O)c1cccc2c1c1[c]cc(-c3cccs3)cc1n2Cc1ccc(C(F)(F)F)cc1C(F)(F)F. The van der Waals surface area contributed by atoms with Gasteiger partial charge in [0.25, 0.3) is 0 Å². The first kappa shape index (κ1) is 23.9. The van der Waals surface area contributed by atoms with Crippen LogP contribution in [0.3, 0.4) is 0 Å². The summed E-state index contributed by atoms with van der Waals surface area (Å²) >= 11 is 1.46. The van der Waals surface area contributed by atoms with Gasteiger partial charge in [-0.05, 0) is 65.0 Å². The third kappa shape index (κ3) is 4.11. The van der Waals surface area contributed by atoms with Gasteiger partial charge < -0.3 is 10.3 Å². The van der Waals surface area contributed by atoms with Crippen molar-refractivity contribution in [2.45, 2.75) is 18.9 Å². The zero-order valence-electron chi connectivity index (χ0n) is 18.2. The van der Waals surface area contributed by atoms with Crippen LogP contribution in [0.1, 0.15) is 27.0 Å². The summed E-state index contributed by atoms with van der Waals surface area (Å²) in [6.45, 7) is -0.392. The number of alkyl halides is 6. The Hall–Kier alpha value is -3.79. The van der Waals surface area contributed by atoms with Crippen molar-refractivity contribution in [3.05, 3.63) is 94.4 Å². The largest absolute Gasteiger partial charge is 0.416 e. The third-order valence-corrected chi connectivity index (χ3v) is 6.86. The average molecular weight is 517 g/mol. The highest BCUT2D eigenvalue weighted by Gasteiger charge is 2.38. The number of halogens is 6. The zero-order chi connectivity index (χ0) is 25.8. The molecule has 0 spiro atoms. The summed E-state index contributed by atoms with van der Waals surface area (Å²) in [6, 6.07) is 16.6. The molecule has 3 nitrogen and oxygen atoms in total. The number of aromatic nitrogens is 1. The van der Waals surface area contributed by atoms with Gasteiger partial charge >= 0.3 is 12.4 Å². The minimum absolute atomic E-state index is 0.126. The molecule has 2 heterocycles. The number of hydrogen-bond donors (Lipinski definition) is 1. The van der Waals surface area contributed by atoms with Crippen molar-refractivity contribution in [3.8, 4) is 10.4 Å². The molecule has 0 saturated heterocycles. The maximum absolute atomic E-state index is 13.9. The predicted molar refractivity (Wildman–Crippen MR) is 126 cm³/mol. The number of benzene rings is 3. The van der Waals surface area contributed by atoms with Crippen LogP contribution in [0.2, 0.25) is 0 Å². The summed E-state index contributed by atoms with van der Waals surface area (Å²) in [6.07, 6.45) is -9.94. The van der Waals surface area contributed by atoms with E-state index in [1.807, 2.05) is 17.5 Å². The number of nitrogens with zero attached hydrogens (tertiary/aromatic N) is 1. The molecule has 2 aromatic heterocycles. The molecule has 1 radical (unpaired) electrons. The van der Waals surface area contributed by atoms with Crippen LogP contribution in [0.5, 0.6) is 0 Å². The van der Waals surface area contributed by atoms with Crippen molar-refractivity contribution in [1.82, 2.24) is 4.57 Å². The van der Waals surface area contributed by atoms with Crippen LogP contribution in [0.4, 0.5) is 26.3 Å². The van der Waals surface area contributed by atoms with Crippen LogP contribution in [0.15, 0.2) is 66.0 Å². The molecule has 0 aliphatic heterocycles. The van der Waals surface area contributed by atoms with Crippen molar-refractivity contribution < 1.29 is 31.1 Å². The van der Waals surface area contributed by atoms with E-state index in [-0.39, 0.29) is 17.2 Å². The maximum Gasteiger partial charge on any atom is 0.416 e. The van der Waals surface area contributed by atoms with Gasteiger partial charge in [0, 0.05) is 27.8 Å². The van der Waals surface area contributed by atoms with Crippen molar-refractivity contribution in [2.24, 2.45) is 5.73 Å². The number of rotatable bonds is 4. The number of amides is 1. The lowest BCUT2D eigenvalue weighted by Gasteiger charge is -2.17. The van der Waals surface area contributed by atoms with Gasteiger partial charge in [-0.15, -0.1) is 11.3 Å². The summed E-state index contributed by atoms with van der Waals surface area (Å²) in [5, 5.41) is 2.76. The second-order valence-corrected chi connectivity index (χ2v) is 9.09. The van der Waals surface area contributed by atoms with Crippen LogP contribution < -0.4 is 5.73 Å². The second-order valence-electron chi connectivity index (χ2n) is 8.14. The number of primary amides is 1. The van der Waals surface area contributed by atoms with Crippen molar-refractivity contribution >= 4 is 39.0 Å². The fourth-order valence-corrected chi connectivity index (χ4v) is 5.06. The Kier molecular flexibility index (Phi) is 5.59. The molecule has 0 unspecified atom stereocenters. The zero-order valence-corrected chi connectivity index (χ0v) is 19.0. The number of fused-ring (bicyclic) bond motifs is 3. The molecule has 0 bridgehead atoms. The highest BCUT2D eigenvalue weighted by molar-refractivity contribution is 7.13. The van der Waals surface area contributed by atoms with Crippen LogP contribution in [0, 0.1) is 6.07 Å². The minimum Gasteiger partial charge on any atom is -0.366 e. The molecule has 5 rings (SSSR count). The number of nitrogens with two attached hydrogens (primary N) is 1. The Morgan fingerprint density at radius 1 is 0.944 bits per heavy atom. The van der Waals surface area contributed by atoms with Gasteiger partial charge in [-0.2, -0.15) is 26.3 Å². The van der Waals surface area contributed by atoms with Crippen molar-refractivity contribution in [3.63, 3.8) is 0 Å². The summed E-state index contributed by atoms with van der Waals surface area (Å²) in [5.74, 6) is -0.721. The Balaban J connectivity index is 1.79. The molecular formula is C26H15F6N2OS. The number of thiophene rings is 1. The predicted octanol–water partition coefficient (Wildman–Crippen LogP) is 7.51. The summed E-state index contributed by atoms with van der Waals surface area (Å²) in [5.41, 5.74) is 4.26. The van der Waals surface area contributed by atoms with E-state index in [2.05, 4.69) is 6.07 Å². The van der Waals surface area contributed by atoms with Crippen LogP contribution in [0.25, 0.3) is 32.2 Å². The standard InChI is InChI=1S/C26H15F6N2OS/c27-25(28,29)16-8-6-15(19(12-16)26(30,31)32)13-34-20-4-1-3-18(24(33)35)23(20)17-9-7-14(11-21(17)34)22-5-2-10-36-22/h1-8,10-12H,13H2,(H2,33,35). The first-order chi connectivity index (χ1) is 16.9. The second kappa shape index (κ2) is 8.41. The first-order valence-corrected chi connectivity index (χ1v) is 11.4. The van der Waals surface area contributed by atoms with Gasteiger partial charge in [0.05, 0.1) is 22.2 Å². The van der Waals surface area contributed by atoms with Gasteiger partial charge in [0.1, 0.15) is 0 Å². The van der Waals surface area contributed by atoms with Gasteiger partial charge in [-0.1, -0.05) is 18.2 Å². The monoisotopic (exact) mass is 517 g/mol. The molecule has 36 heavy (non-hydrogen) atoms. The molecule has 0 saturated carbocycles. The van der Waals surface area contributed by atoms with Crippen LogP contribution in [-0.4, -0.2) is 10.5 Å². The van der Waals surface area contributed by atoms with E-state index in [1.165, 1.54) is 17.4 Å². The van der Waals surface area contributed by atoms with Crippen LogP contribution >= 0.6 is 11.3 Å². The van der Waals surface area contributed by atoms with E-state index >= 15 is 0 Å². The average Bonchev–Trinajstić information content (AvgIpc) is 3.45. The summed E-state index contributed by atoms with van der Waals surface area (Å²) in [7, 11) is 0. The van der Waals surface area contributed by atoms with E-state index < -0.39 is 35.9 Å². The Morgan fingerprint density at radius 3 is 2.36 bits per heavy atom. The highest BCUT2D eigenvalue weighted by Crippen LogP contribution is 2.40. The van der Waals surface area contributed by atoms with Gasteiger partial charge in [0.2, 0.25) is 5.91 Å². The molecule has 0 atom stereocenters. The van der Waals surface area contributed by atoms with Gasteiger partial charge in [-0.25, -0.2) is 0 Å². The van der Waals surface area contributed by atoms with Crippen LogP contribution in [-0.2, 0) is 18.9 Å². The van der Waals surface area contributed by atoms with E-state index in [1.54, 1.807) is 28.8 Å². The molecule has 0 aliphatic rings. The van der Waals surface area contributed by atoms with Gasteiger partial charge in [-0.3, -0.25) is 4.79 Å². The van der Waals surface area contributed by atoms with E-state index in [0.717, 1.165) is 16.5 Å². The minimum atomic E-state index is -5.01. The molecule has 3 aromatic carbocycles. The lowest BCUT2D eigenvalue weighted by atomic mass is 10.0. The van der Waals surface area contributed by atoms with E-state index in [9.17, 15) is 31.1 Å². The maximum atomic E-state index is 13.9. The molecule has 10 heteroatoms. The summed E-state index contributed by atoms with van der Waals surface area (Å²) in [4.78, 5) is 13.0. The number of carbonyl (C=O) groups excluding carboxylic acids is 1. The Labute approximate surface area is 204 Å². The Morgan fingerprint density at radius 2 is 1.72 bits per heavy atom. The quantitative estimate of drug-likeness (QED) is 0.247. The molecule has 183 valence electrons. The molecule has 0 fully saturated rings. The smallest absolute Gasteiger partial charge is 0.366 e. The number of carbonyl (C=O) groups is 1. The molecule has 2 N–H and O–H groups in total. The van der Waals surface area contributed by atoms with Gasteiger partial charge in [0.15, 0.2) is 0 Å². The first-order valence-electron chi connectivity index (χ1n) is 10.5. The molecular weight excluding hydrogens is 502 g/mol. The lowest BCUT2D eigenvalue weighted by molar-refractivity contribution is -0.143. The number of hydrogen-bond acceptors (Lipinski definition) is 2. The molecule has 5 aromatic rings. The normalized spacial score (nSPS) is 12.5. The summed E-state index contributed by atoms with van der Waals surface area (Å²) < 4.78 is 82.6. The van der Waals surface area contributed by atoms with E-state index in [0.29, 0.717) is 27.9 Å².